The molecule has 11 heteroatoms. The van der Waals surface area contributed by atoms with Crippen molar-refractivity contribution in [3.05, 3.63) is 58.7 Å². The van der Waals surface area contributed by atoms with Gasteiger partial charge in [0.1, 0.15) is 17.2 Å². The predicted octanol–water partition coefficient (Wildman–Crippen LogP) is 5.33. The van der Waals surface area contributed by atoms with Gasteiger partial charge in [0.15, 0.2) is 0 Å². The number of ether oxygens (including phenoxy) is 1. The average molecular weight is 504 g/mol. The number of rotatable bonds is 3. The first kappa shape index (κ1) is 24.1. The zero-order chi connectivity index (χ0) is 25.4. The van der Waals surface area contributed by atoms with Crippen molar-refractivity contribution < 1.29 is 32.3 Å². The number of aromatic nitrogens is 2. The number of nitrogens with one attached hydrogen (secondary N) is 1. The number of pyridine rings is 1. The molecule has 0 saturated carbocycles. The summed E-state index contributed by atoms with van der Waals surface area (Å²) in [4.78, 5) is 22.1. The molecule has 0 bridgehead atoms. The second-order valence-corrected chi connectivity index (χ2v) is 9.13. The molecule has 2 aromatic heterocycles. The Balaban J connectivity index is 1.33. The Morgan fingerprint density at radius 3 is 2.47 bits per heavy atom. The van der Waals surface area contributed by atoms with E-state index in [1.54, 1.807) is 4.90 Å². The zero-order valence-corrected chi connectivity index (χ0v) is 19.2. The molecular weight excluding hydrogens is 480 g/mol. The van der Waals surface area contributed by atoms with E-state index < -0.39 is 12.1 Å². The fourth-order valence-corrected chi connectivity index (χ4v) is 5.28. The lowest BCUT2D eigenvalue weighted by Crippen LogP contribution is -2.38. The Bertz CT molecular complexity index is 1310. The highest BCUT2D eigenvalue weighted by molar-refractivity contribution is 5.94. The molecule has 3 heterocycles. The van der Waals surface area contributed by atoms with Crippen molar-refractivity contribution in [2.75, 3.05) is 13.1 Å². The normalized spacial score (nSPS) is 18.3. The Morgan fingerprint density at radius 1 is 1.11 bits per heavy atom. The summed E-state index contributed by atoms with van der Waals surface area (Å²) in [5, 5.41) is 13.3. The molecule has 2 N–H and O–H groups in total. The second kappa shape index (κ2) is 9.44. The molecule has 0 unspecified atom stereocenters. The molecule has 190 valence electrons. The number of hydrogen-bond donors (Lipinski definition) is 2. The maximum atomic E-state index is 15.2. The highest BCUT2D eigenvalue weighted by atomic mass is 19.4. The minimum atomic E-state index is -4.80. The summed E-state index contributed by atoms with van der Waals surface area (Å²) in [6.07, 6.45) is 0.0126. The van der Waals surface area contributed by atoms with Crippen molar-refractivity contribution >= 4 is 22.7 Å². The number of aryl methyl sites for hydroxylation is 2. The molecule has 1 aliphatic heterocycles. The van der Waals surface area contributed by atoms with E-state index >= 15 is 4.39 Å². The Morgan fingerprint density at radius 2 is 1.81 bits per heavy atom. The number of aromatic amines is 1. The van der Waals surface area contributed by atoms with Crippen molar-refractivity contribution in [3.63, 3.8) is 0 Å². The van der Waals surface area contributed by atoms with Gasteiger partial charge in [0.05, 0.1) is 11.9 Å². The van der Waals surface area contributed by atoms with Gasteiger partial charge in [-0.3, -0.25) is 4.79 Å². The van der Waals surface area contributed by atoms with Gasteiger partial charge >= 0.3 is 6.36 Å². The van der Waals surface area contributed by atoms with Crippen molar-refractivity contribution in [1.82, 2.24) is 14.9 Å². The number of likely N-dealkylation sites (tertiary alicyclic amines) is 1. The Hall–Kier alpha value is -3.63. The third-order valence-corrected chi connectivity index (χ3v) is 7.00. The molecule has 1 fully saturated rings. The molecule has 3 aromatic rings. The minimum absolute atomic E-state index is 0.115. The summed E-state index contributed by atoms with van der Waals surface area (Å²) >= 11 is 0. The summed E-state index contributed by atoms with van der Waals surface area (Å²) in [5.74, 6) is -1.18. The van der Waals surface area contributed by atoms with Crippen LogP contribution in [0.4, 0.5) is 17.6 Å². The van der Waals surface area contributed by atoms with E-state index in [9.17, 15) is 23.2 Å². The van der Waals surface area contributed by atoms with Crippen LogP contribution in [0, 0.1) is 5.82 Å². The SMILES string of the molecule is O=C(c1ccc(OC(F)(F)F)cc1)N1CCC(c2c(F)cnc3[nH]c4c(c23)CC/C(=N/O)CC4)CC1. The maximum Gasteiger partial charge on any atom is 0.573 e. The first-order chi connectivity index (χ1) is 17.2. The third kappa shape index (κ3) is 4.74. The molecule has 2 aliphatic rings. The van der Waals surface area contributed by atoms with Crippen LogP contribution in [0.5, 0.6) is 5.75 Å². The number of carbonyl (C=O) groups excluding carboxylic acids is 1. The van der Waals surface area contributed by atoms with Gasteiger partial charge in [0.2, 0.25) is 0 Å². The maximum absolute atomic E-state index is 15.2. The fourth-order valence-electron chi connectivity index (χ4n) is 5.28. The summed E-state index contributed by atoms with van der Waals surface area (Å²) in [5.41, 5.74) is 4.20. The highest BCUT2D eigenvalue weighted by Crippen LogP contribution is 2.38. The van der Waals surface area contributed by atoms with Gasteiger partial charge < -0.3 is 19.8 Å². The van der Waals surface area contributed by atoms with Crippen LogP contribution in [0.3, 0.4) is 0 Å². The van der Waals surface area contributed by atoms with Crippen molar-refractivity contribution in [1.29, 1.82) is 0 Å². The molecule has 5 rings (SSSR count). The second-order valence-electron chi connectivity index (χ2n) is 9.13. The van der Waals surface area contributed by atoms with Crippen molar-refractivity contribution in [3.8, 4) is 5.75 Å². The fraction of sp³-hybridized carbons (Fsp3) is 0.400. The number of oxime groups is 1. The average Bonchev–Trinajstić information content (AvgIpc) is 3.08. The molecule has 1 aromatic carbocycles. The summed E-state index contributed by atoms with van der Waals surface area (Å²) in [7, 11) is 0. The van der Waals surface area contributed by atoms with Crippen LogP contribution >= 0.6 is 0 Å². The molecule has 1 aliphatic carbocycles. The first-order valence-corrected chi connectivity index (χ1v) is 11.8. The molecular formula is C25H24F4N4O3. The van der Waals surface area contributed by atoms with Crippen LogP contribution in [0.2, 0.25) is 0 Å². The summed E-state index contributed by atoms with van der Waals surface area (Å²) in [6.45, 7) is 0.781. The van der Waals surface area contributed by atoms with E-state index in [0.29, 0.717) is 68.5 Å². The molecule has 1 saturated heterocycles. The minimum Gasteiger partial charge on any atom is -0.411 e. The van der Waals surface area contributed by atoms with Crippen molar-refractivity contribution in [2.24, 2.45) is 5.16 Å². The predicted molar refractivity (Wildman–Crippen MR) is 123 cm³/mol. The quantitative estimate of drug-likeness (QED) is 0.218. The number of halogens is 4. The summed E-state index contributed by atoms with van der Waals surface area (Å²) < 4.78 is 56.1. The van der Waals surface area contributed by atoms with Gasteiger partial charge in [-0.25, -0.2) is 9.37 Å². The third-order valence-electron chi connectivity index (χ3n) is 7.00. The number of benzene rings is 1. The number of hydrogen-bond acceptors (Lipinski definition) is 5. The lowest BCUT2D eigenvalue weighted by molar-refractivity contribution is -0.274. The number of nitrogens with zero attached hydrogens (tertiary/aromatic N) is 3. The number of H-pyrrole nitrogens is 1. The van der Waals surface area contributed by atoms with Crippen LogP contribution in [-0.4, -0.2) is 51.1 Å². The number of amides is 1. The van der Waals surface area contributed by atoms with Crippen LogP contribution in [0.25, 0.3) is 11.0 Å². The number of piperidine rings is 1. The van der Waals surface area contributed by atoms with Crippen LogP contribution in [0.15, 0.2) is 35.6 Å². The molecule has 36 heavy (non-hydrogen) atoms. The Kier molecular flexibility index (Phi) is 6.31. The molecule has 1 amide bonds. The number of carbonyl (C=O) groups is 1. The zero-order valence-electron chi connectivity index (χ0n) is 19.2. The van der Waals surface area contributed by atoms with Gasteiger partial charge in [0, 0.05) is 35.3 Å². The summed E-state index contributed by atoms with van der Waals surface area (Å²) in [6, 6.07) is 4.84. The van der Waals surface area contributed by atoms with E-state index in [0.717, 1.165) is 28.8 Å². The highest BCUT2D eigenvalue weighted by Gasteiger charge is 2.32. The van der Waals surface area contributed by atoms with Gasteiger partial charge in [0.25, 0.3) is 5.91 Å². The molecule has 0 spiro atoms. The monoisotopic (exact) mass is 504 g/mol. The van der Waals surface area contributed by atoms with Crippen LogP contribution < -0.4 is 4.74 Å². The lowest BCUT2D eigenvalue weighted by Gasteiger charge is -2.33. The van der Waals surface area contributed by atoms with Gasteiger partial charge in [-0.15, -0.1) is 13.2 Å². The number of fused-ring (bicyclic) bond motifs is 3. The first-order valence-electron chi connectivity index (χ1n) is 11.8. The molecule has 0 atom stereocenters. The molecule has 7 nitrogen and oxygen atoms in total. The largest absolute Gasteiger partial charge is 0.573 e. The van der Waals surface area contributed by atoms with Crippen LogP contribution in [-0.2, 0) is 12.8 Å². The molecule has 0 radical (unpaired) electrons. The van der Waals surface area contributed by atoms with Crippen LogP contribution in [0.1, 0.15) is 58.8 Å². The van der Waals surface area contributed by atoms with Crippen molar-refractivity contribution in [2.45, 2.75) is 50.8 Å². The van der Waals surface area contributed by atoms with Gasteiger partial charge in [-0.2, -0.15) is 0 Å². The number of alkyl halides is 3. The Labute approximate surface area is 203 Å². The van der Waals surface area contributed by atoms with Gasteiger partial charge in [-0.1, -0.05) is 5.16 Å². The van der Waals surface area contributed by atoms with E-state index in [2.05, 4.69) is 19.9 Å². The smallest absolute Gasteiger partial charge is 0.411 e. The van der Waals surface area contributed by atoms with E-state index in [4.69, 9.17) is 0 Å². The van der Waals surface area contributed by atoms with E-state index in [1.807, 2.05) is 0 Å². The van der Waals surface area contributed by atoms with Gasteiger partial charge in [-0.05, 0) is 74.3 Å². The van der Waals surface area contributed by atoms with E-state index in [-0.39, 0.29) is 23.2 Å². The standard InChI is InChI=1S/C25H24F4N4O3/c26-19-13-30-23-22(18-7-3-16(32-35)4-8-20(18)31-23)21(19)14-9-11-33(12-10-14)24(34)15-1-5-17(6-2-15)36-25(27,28)29/h1-2,5-6,13-14,35H,3-4,7-12H2,(H,30,31)/b32-16-. The lowest BCUT2D eigenvalue weighted by atomic mass is 9.86. The van der Waals surface area contributed by atoms with E-state index in [1.165, 1.54) is 18.3 Å². The topological polar surface area (TPSA) is 90.8 Å².